The lowest BCUT2D eigenvalue weighted by Crippen LogP contribution is -1.99. The van der Waals surface area contributed by atoms with Crippen molar-refractivity contribution in [3.05, 3.63) is 35.1 Å². The zero-order chi connectivity index (χ0) is 10.1. The van der Waals surface area contributed by atoms with E-state index in [1.165, 1.54) is 6.07 Å². The predicted octanol–water partition coefficient (Wildman–Crippen LogP) is 1.98. The van der Waals surface area contributed by atoms with Crippen molar-refractivity contribution in [1.82, 2.24) is 9.97 Å². The molecule has 0 saturated carbocycles. The zero-order valence-corrected chi connectivity index (χ0v) is 7.69. The van der Waals surface area contributed by atoms with Gasteiger partial charge in [-0.3, -0.25) is 0 Å². The summed E-state index contributed by atoms with van der Waals surface area (Å²) in [4.78, 5) is 18.5. The molecule has 0 fully saturated rings. The van der Waals surface area contributed by atoms with Crippen LogP contribution in [0.25, 0.3) is 11.0 Å². The van der Waals surface area contributed by atoms with E-state index in [9.17, 15) is 4.79 Å². The summed E-state index contributed by atoms with van der Waals surface area (Å²) >= 11 is 5.67. The maximum absolute atomic E-state index is 10.6. The van der Waals surface area contributed by atoms with Gasteiger partial charge < -0.3 is 5.11 Å². The van der Waals surface area contributed by atoms with Crippen LogP contribution < -0.4 is 0 Å². The normalized spacial score (nSPS) is 10.4. The third-order valence-electron chi connectivity index (χ3n) is 1.73. The lowest BCUT2D eigenvalue weighted by molar-refractivity contribution is 0.0691. The smallest absolute Gasteiger partial charge is 0.354 e. The zero-order valence-electron chi connectivity index (χ0n) is 6.94. The summed E-state index contributed by atoms with van der Waals surface area (Å²) in [5.41, 5.74) is 1.11. The number of halogens is 1. The van der Waals surface area contributed by atoms with Crippen molar-refractivity contribution >= 4 is 28.6 Å². The van der Waals surface area contributed by atoms with E-state index < -0.39 is 5.97 Å². The van der Waals surface area contributed by atoms with Crippen LogP contribution in [-0.2, 0) is 0 Å². The van der Waals surface area contributed by atoms with Crippen LogP contribution in [0.1, 0.15) is 10.5 Å². The van der Waals surface area contributed by atoms with Crippen molar-refractivity contribution in [3.63, 3.8) is 0 Å². The minimum absolute atomic E-state index is 0.00150. The average Bonchev–Trinajstić information content (AvgIpc) is 2.16. The van der Waals surface area contributed by atoms with Crippen molar-refractivity contribution in [1.29, 1.82) is 0 Å². The Morgan fingerprint density at radius 1 is 1.14 bits per heavy atom. The number of hydrogen-bond donors (Lipinski definition) is 1. The van der Waals surface area contributed by atoms with E-state index in [1.54, 1.807) is 18.2 Å². The fourth-order valence-electron chi connectivity index (χ4n) is 1.10. The molecule has 0 aliphatic heterocycles. The van der Waals surface area contributed by atoms with E-state index in [2.05, 4.69) is 9.97 Å². The quantitative estimate of drug-likeness (QED) is 0.728. The van der Waals surface area contributed by atoms with Gasteiger partial charge in [-0.05, 0) is 24.3 Å². The van der Waals surface area contributed by atoms with Crippen molar-refractivity contribution < 1.29 is 9.90 Å². The van der Waals surface area contributed by atoms with Crippen LogP contribution in [0.2, 0.25) is 5.15 Å². The Labute approximate surface area is 84.2 Å². The molecule has 0 unspecified atom stereocenters. The van der Waals surface area contributed by atoms with Crippen LogP contribution >= 0.6 is 11.6 Å². The average molecular weight is 209 g/mol. The maximum Gasteiger partial charge on any atom is 0.354 e. The number of carbonyl (C=O) groups is 1. The monoisotopic (exact) mass is 208 g/mol. The number of carboxylic acid groups (broad SMARTS) is 1. The summed E-state index contributed by atoms with van der Waals surface area (Å²) in [6.07, 6.45) is 0. The highest BCUT2D eigenvalue weighted by Gasteiger charge is 2.05. The van der Waals surface area contributed by atoms with E-state index in [0.29, 0.717) is 16.2 Å². The SMILES string of the molecule is O=C(O)c1ccc2nc(Cl)ccc2n1. The topological polar surface area (TPSA) is 63.1 Å². The molecule has 0 spiro atoms. The number of fused-ring (bicyclic) bond motifs is 1. The van der Waals surface area contributed by atoms with Gasteiger partial charge in [0.25, 0.3) is 0 Å². The van der Waals surface area contributed by atoms with E-state index in [0.717, 1.165) is 0 Å². The second-order valence-electron chi connectivity index (χ2n) is 2.67. The van der Waals surface area contributed by atoms with Gasteiger partial charge in [0.15, 0.2) is 0 Å². The van der Waals surface area contributed by atoms with Crippen LogP contribution in [0.3, 0.4) is 0 Å². The molecule has 2 aromatic rings. The minimum atomic E-state index is -1.05. The van der Waals surface area contributed by atoms with Crippen LogP contribution in [0.4, 0.5) is 0 Å². The molecule has 70 valence electrons. The number of carboxylic acids is 1. The molecule has 5 heteroatoms. The lowest BCUT2D eigenvalue weighted by Gasteiger charge is -1.98. The molecule has 0 aromatic carbocycles. The Hall–Kier alpha value is -1.68. The van der Waals surface area contributed by atoms with Crippen LogP contribution in [0, 0.1) is 0 Å². The molecule has 0 aliphatic carbocycles. The van der Waals surface area contributed by atoms with Gasteiger partial charge in [0.2, 0.25) is 0 Å². The van der Waals surface area contributed by atoms with Gasteiger partial charge in [0.1, 0.15) is 10.8 Å². The highest BCUT2D eigenvalue weighted by Crippen LogP contribution is 2.13. The summed E-state index contributed by atoms with van der Waals surface area (Å²) in [7, 11) is 0. The number of hydrogen-bond acceptors (Lipinski definition) is 3. The van der Waals surface area contributed by atoms with Crippen molar-refractivity contribution in [2.24, 2.45) is 0 Å². The molecular weight excluding hydrogens is 204 g/mol. The Bertz CT molecular complexity index is 513. The van der Waals surface area contributed by atoms with Gasteiger partial charge in [0.05, 0.1) is 11.0 Å². The van der Waals surface area contributed by atoms with E-state index in [-0.39, 0.29) is 5.69 Å². The first-order chi connectivity index (χ1) is 6.66. The largest absolute Gasteiger partial charge is 0.477 e. The standard InChI is InChI=1S/C9H5ClN2O2/c10-8-4-3-5-6(12-8)1-2-7(11-5)9(13)14/h1-4H,(H,13,14). The second-order valence-corrected chi connectivity index (χ2v) is 3.06. The second kappa shape index (κ2) is 3.23. The maximum atomic E-state index is 10.6. The molecule has 2 aromatic heterocycles. The Balaban J connectivity index is 2.67. The molecule has 0 amide bonds. The first kappa shape index (κ1) is 8.90. The lowest BCUT2D eigenvalue weighted by atomic mass is 10.3. The third kappa shape index (κ3) is 1.52. The number of aromatic carboxylic acids is 1. The van der Waals surface area contributed by atoms with Gasteiger partial charge in [-0.25, -0.2) is 14.8 Å². The molecule has 14 heavy (non-hydrogen) atoms. The highest BCUT2D eigenvalue weighted by molar-refractivity contribution is 6.29. The fraction of sp³-hybridized carbons (Fsp3) is 0. The van der Waals surface area contributed by atoms with E-state index >= 15 is 0 Å². The first-order valence-corrected chi connectivity index (χ1v) is 4.21. The number of aromatic nitrogens is 2. The highest BCUT2D eigenvalue weighted by atomic mass is 35.5. The Morgan fingerprint density at radius 2 is 1.79 bits per heavy atom. The molecule has 0 saturated heterocycles. The predicted molar refractivity (Wildman–Crippen MR) is 51.5 cm³/mol. The molecule has 1 N–H and O–H groups in total. The number of nitrogens with zero attached hydrogens (tertiary/aromatic N) is 2. The molecule has 0 atom stereocenters. The van der Waals surface area contributed by atoms with E-state index in [1.807, 2.05) is 0 Å². The van der Waals surface area contributed by atoms with Crippen LogP contribution in [0.15, 0.2) is 24.3 Å². The van der Waals surface area contributed by atoms with Crippen LogP contribution in [0.5, 0.6) is 0 Å². The molecule has 0 radical (unpaired) electrons. The van der Waals surface area contributed by atoms with Gasteiger partial charge in [-0.1, -0.05) is 11.6 Å². The molecule has 2 rings (SSSR count). The van der Waals surface area contributed by atoms with Crippen molar-refractivity contribution in [3.8, 4) is 0 Å². The van der Waals surface area contributed by atoms with Gasteiger partial charge in [0, 0.05) is 0 Å². The molecule has 0 bridgehead atoms. The number of rotatable bonds is 1. The Kier molecular flexibility index (Phi) is 2.05. The minimum Gasteiger partial charge on any atom is -0.477 e. The van der Waals surface area contributed by atoms with Crippen molar-refractivity contribution in [2.75, 3.05) is 0 Å². The van der Waals surface area contributed by atoms with E-state index in [4.69, 9.17) is 16.7 Å². The molecular formula is C9H5ClN2O2. The fourth-order valence-corrected chi connectivity index (χ4v) is 1.26. The third-order valence-corrected chi connectivity index (χ3v) is 1.94. The van der Waals surface area contributed by atoms with Crippen LogP contribution in [-0.4, -0.2) is 21.0 Å². The molecule has 0 aliphatic rings. The number of pyridine rings is 2. The van der Waals surface area contributed by atoms with Crippen molar-refractivity contribution in [2.45, 2.75) is 0 Å². The Morgan fingerprint density at radius 3 is 2.50 bits per heavy atom. The first-order valence-electron chi connectivity index (χ1n) is 3.83. The molecule has 2 heterocycles. The van der Waals surface area contributed by atoms with Gasteiger partial charge in [-0.2, -0.15) is 0 Å². The summed E-state index contributed by atoms with van der Waals surface area (Å²) in [6.45, 7) is 0. The van der Waals surface area contributed by atoms with Gasteiger partial charge in [-0.15, -0.1) is 0 Å². The summed E-state index contributed by atoms with van der Waals surface area (Å²) < 4.78 is 0. The van der Waals surface area contributed by atoms with Gasteiger partial charge >= 0.3 is 5.97 Å². The summed E-state index contributed by atoms with van der Waals surface area (Å²) in [6, 6.07) is 6.19. The summed E-state index contributed by atoms with van der Waals surface area (Å²) in [5.74, 6) is -1.05. The molecule has 4 nitrogen and oxygen atoms in total. The summed E-state index contributed by atoms with van der Waals surface area (Å²) in [5, 5.41) is 9.05.